The van der Waals surface area contributed by atoms with Crippen molar-refractivity contribution < 1.29 is 4.42 Å². The Morgan fingerprint density at radius 1 is 1.44 bits per heavy atom. The van der Waals surface area contributed by atoms with Crippen LogP contribution in [0.15, 0.2) is 26.3 Å². The van der Waals surface area contributed by atoms with Gasteiger partial charge in [0, 0.05) is 25.2 Å². The molecule has 0 fully saturated rings. The molecule has 0 bridgehead atoms. The molecule has 8 nitrogen and oxygen atoms in total. The fourth-order valence-corrected chi connectivity index (χ4v) is 1.20. The molecule has 0 aromatic carbocycles. The molecular formula is C8H9N5O3. The Kier molecular flexibility index (Phi) is 2.54. The van der Waals surface area contributed by atoms with Crippen molar-refractivity contribution in [2.45, 2.75) is 13.0 Å². The van der Waals surface area contributed by atoms with Crippen molar-refractivity contribution in [2.24, 2.45) is 0 Å². The van der Waals surface area contributed by atoms with Crippen LogP contribution in [0.5, 0.6) is 0 Å². The van der Waals surface area contributed by atoms with Crippen LogP contribution in [0.1, 0.15) is 5.89 Å². The molecule has 2 aromatic heterocycles. The lowest BCUT2D eigenvalue weighted by atomic mass is 10.4. The molecule has 84 valence electrons. The molecule has 0 atom stereocenters. The van der Waals surface area contributed by atoms with Crippen molar-refractivity contribution in [3.63, 3.8) is 0 Å². The summed E-state index contributed by atoms with van der Waals surface area (Å²) in [5.41, 5.74) is 4.34. The number of nitrogens with zero attached hydrogens (tertiary/aromatic N) is 3. The molecule has 2 aromatic rings. The first-order valence-electron chi connectivity index (χ1n) is 4.53. The molecular weight excluding hydrogens is 214 g/mol. The molecule has 16 heavy (non-hydrogen) atoms. The Morgan fingerprint density at radius 2 is 2.25 bits per heavy atom. The van der Waals surface area contributed by atoms with Crippen molar-refractivity contribution in [1.29, 1.82) is 0 Å². The van der Waals surface area contributed by atoms with Crippen LogP contribution in [0.2, 0.25) is 0 Å². The molecule has 0 amide bonds. The molecule has 0 aliphatic heterocycles. The first-order valence-corrected chi connectivity index (χ1v) is 4.53. The molecule has 0 aliphatic rings. The van der Waals surface area contributed by atoms with E-state index in [0.29, 0.717) is 18.9 Å². The van der Waals surface area contributed by atoms with E-state index < -0.39 is 11.2 Å². The monoisotopic (exact) mass is 223 g/mol. The summed E-state index contributed by atoms with van der Waals surface area (Å²) in [7, 11) is 0. The molecule has 0 saturated heterocycles. The van der Waals surface area contributed by atoms with Crippen LogP contribution in [-0.2, 0) is 13.0 Å². The zero-order valence-electron chi connectivity index (χ0n) is 8.21. The summed E-state index contributed by atoms with van der Waals surface area (Å²) in [6, 6.07) is 1.26. The highest BCUT2D eigenvalue weighted by molar-refractivity contribution is 5.04. The molecule has 8 heteroatoms. The highest BCUT2D eigenvalue weighted by atomic mass is 16.4. The highest BCUT2D eigenvalue weighted by Crippen LogP contribution is 2.01. The minimum atomic E-state index is -0.472. The molecule has 2 heterocycles. The summed E-state index contributed by atoms with van der Waals surface area (Å²) in [5.74, 6) is 0.343. The van der Waals surface area contributed by atoms with Crippen LogP contribution >= 0.6 is 0 Å². The number of rotatable bonds is 3. The zero-order chi connectivity index (χ0) is 11.5. The number of aryl methyl sites for hydroxylation is 2. The van der Waals surface area contributed by atoms with Crippen LogP contribution in [0.4, 0.5) is 6.01 Å². The Morgan fingerprint density at radius 3 is 2.88 bits per heavy atom. The van der Waals surface area contributed by atoms with Crippen molar-refractivity contribution in [3.05, 3.63) is 39.0 Å². The largest absolute Gasteiger partial charge is 0.408 e. The van der Waals surface area contributed by atoms with Gasteiger partial charge in [0.1, 0.15) is 0 Å². The summed E-state index contributed by atoms with van der Waals surface area (Å²) in [6.07, 6.45) is 1.77. The smallest absolute Gasteiger partial charge is 0.328 e. The van der Waals surface area contributed by atoms with Crippen LogP contribution in [0, 0.1) is 0 Å². The summed E-state index contributed by atoms with van der Waals surface area (Å²) in [5, 5.41) is 7.13. The minimum absolute atomic E-state index is 0.0104. The van der Waals surface area contributed by atoms with Crippen molar-refractivity contribution in [1.82, 2.24) is 19.7 Å². The van der Waals surface area contributed by atoms with E-state index in [1.807, 2.05) is 0 Å². The van der Waals surface area contributed by atoms with Crippen molar-refractivity contribution in [2.75, 3.05) is 5.73 Å². The summed E-state index contributed by atoms with van der Waals surface area (Å²) in [6.45, 7) is 0.331. The topological polar surface area (TPSA) is 120 Å². The standard InChI is InChI=1S/C8H9N5O3/c9-7-12-11-6(16-7)2-4-13-3-1-5(14)10-8(13)15/h1,3H,2,4H2,(H2,9,12)(H,10,14,15). The Balaban J connectivity index is 2.10. The van der Waals surface area contributed by atoms with E-state index >= 15 is 0 Å². The lowest BCUT2D eigenvalue weighted by molar-refractivity contribution is 0.484. The van der Waals surface area contributed by atoms with Gasteiger partial charge < -0.3 is 14.7 Å². The SMILES string of the molecule is Nc1nnc(CCn2ccc(=O)[nH]c2=O)o1. The number of nitrogen functional groups attached to an aromatic ring is 1. The Hall–Kier alpha value is -2.38. The molecule has 2 rings (SSSR count). The molecule has 0 radical (unpaired) electrons. The number of anilines is 1. The van der Waals surface area contributed by atoms with Gasteiger partial charge in [-0.2, -0.15) is 0 Å². The lowest BCUT2D eigenvalue weighted by Gasteiger charge is -2.00. The summed E-state index contributed by atoms with van der Waals surface area (Å²) in [4.78, 5) is 24.2. The van der Waals surface area contributed by atoms with E-state index in [9.17, 15) is 9.59 Å². The second-order valence-electron chi connectivity index (χ2n) is 3.09. The lowest BCUT2D eigenvalue weighted by Crippen LogP contribution is -2.29. The van der Waals surface area contributed by atoms with Crippen LogP contribution in [0.25, 0.3) is 0 Å². The van der Waals surface area contributed by atoms with Gasteiger partial charge in [0.15, 0.2) is 0 Å². The predicted octanol–water partition coefficient (Wildman–Crippen LogP) is -1.26. The van der Waals surface area contributed by atoms with Crippen molar-refractivity contribution in [3.8, 4) is 0 Å². The zero-order valence-corrected chi connectivity index (χ0v) is 8.21. The van der Waals surface area contributed by atoms with E-state index in [-0.39, 0.29) is 6.01 Å². The van der Waals surface area contributed by atoms with Gasteiger partial charge in [-0.1, -0.05) is 5.10 Å². The maximum Gasteiger partial charge on any atom is 0.328 e. The third kappa shape index (κ3) is 2.16. The summed E-state index contributed by atoms with van der Waals surface area (Å²) >= 11 is 0. The number of hydrogen-bond donors (Lipinski definition) is 2. The van der Waals surface area contributed by atoms with Gasteiger partial charge in [0.25, 0.3) is 5.56 Å². The van der Waals surface area contributed by atoms with Crippen LogP contribution < -0.4 is 17.0 Å². The molecule has 0 unspecified atom stereocenters. The van der Waals surface area contributed by atoms with Crippen LogP contribution in [0.3, 0.4) is 0 Å². The third-order valence-electron chi connectivity index (χ3n) is 1.95. The van der Waals surface area contributed by atoms with E-state index in [1.54, 1.807) is 0 Å². The second-order valence-corrected chi connectivity index (χ2v) is 3.09. The summed E-state index contributed by atoms with van der Waals surface area (Å²) < 4.78 is 6.27. The minimum Gasteiger partial charge on any atom is -0.408 e. The molecule has 3 N–H and O–H groups in total. The van der Waals surface area contributed by atoms with Gasteiger partial charge in [-0.25, -0.2) is 4.79 Å². The Labute approximate surface area is 88.7 Å². The van der Waals surface area contributed by atoms with Gasteiger partial charge in [0.05, 0.1) is 0 Å². The fraction of sp³-hybridized carbons (Fsp3) is 0.250. The average Bonchev–Trinajstić information content (AvgIpc) is 2.63. The maximum atomic E-state index is 11.3. The van der Waals surface area contributed by atoms with E-state index in [2.05, 4.69) is 15.2 Å². The van der Waals surface area contributed by atoms with E-state index in [4.69, 9.17) is 10.2 Å². The van der Waals surface area contributed by atoms with Gasteiger partial charge in [0.2, 0.25) is 5.89 Å². The van der Waals surface area contributed by atoms with Gasteiger partial charge in [-0.15, -0.1) is 5.10 Å². The predicted molar refractivity (Wildman–Crippen MR) is 53.7 cm³/mol. The third-order valence-corrected chi connectivity index (χ3v) is 1.95. The Bertz CT molecular complexity index is 596. The average molecular weight is 223 g/mol. The first-order chi connectivity index (χ1) is 7.65. The first kappa shape index (κ1) is 10.1. The normalized spacial score (nSPS) is 10.5. The number of aromatic amines is 1. The number of aromatic nitrogens is 4. The number of hydrogen-bond acceptors (Lipinski definition) is 6. The molecule has 0 aliphatic carbocycles. The highest BCUT2D eigenvalue weighted by Gasteiger charge is 2.03. The number of nitrogens with two attached hydrogens (primary N) is 1. The van der Waals surface area contributed by atoms with E-state index in [1.165, 1.54) is 16.8 Å². The quantitative estimate of drug-likeness (QED) is 0.670. The number of nitrogens with one attached hydrogen (secondary N) is 1. The van der Waals surface area contributed by atoms with Gasteiger partial charge in [-0.3, -0.25) is 9.78 Å². The second kappa shape index (κ2) is 4.01. The van der Waals surface area contributed by atoms with Crippen LogP contribution in [-0.4, -0.2) is 19.7 Å². The maximum absolute atomic E-state index is 11.3. The molecule has 0 saturated carbocycles. The van der Waals surface area contributed by atoms with Crippen molar-refractivity contribution >= 4 is 6.01 Å². The van der Waals surface area contributed by atoms with E-state index in [0.717, 1.165) is 0 Å². The fourth-order valence-electron chi connectivity index (χ4n) is 1.20. The van der Waals surface area contributed by atoms with Gasteiger partial charge >= 0.3 is 11.7 Å². The molecule has 0 spiro atoms. The number of H-pyrrole nitrogens is 1. The van der Waals surface area contributed by atoms with Gasteiger partial charge in [-0.05, 0) is 0 Å².